The van der Waals surface area contributed by atoms with Crippen molar-refractivity contribution in [3.63, 3.8) is 0 Å². The van der Waals surface area contributed by atoms with E-state index >= 15 is 0 Å². The number of carbonyl (C=O) groups excluding carboxylic acids is 3. The minimum atomic E-state index is -5.32. The predicted molar refractivity (Wildman–Crippen MR) is 178 cm³/mol. The fourth-order valence-corrected chi connectivity index (χ4v) is 6.15. The molecule has 3 rings (SSSR count). The molecule has 2 aromatic carbocycles. The first-order chi connectivity index (χ1) is 24.7. The van der Waals surface area contributed by atoms with Crippen LogP contribution in [0.2, 0.25) is 0 Å². The van der Waals surface area contributed by atoms with Crippen LogP contribution in [-0.4, -0.2) is 62.8 Å². The van der Waals surface area contributed by atoms with Gasteiger partial charge >= 0.3 is 30.3 Å². The molecule has 0 spiro atoms. The van der Waals surface area contributed by atoms with Gasteiger partial charge in [0.05, 0.1) is 6.42 Å². The van der Waals surface area contributed by atoms with Gasteiger partial charge in [-0.15, -0.1) is 0 Å². The van der Waals surface area contributed by atoms with Gasteiger partial charge in [-0.25, -0.2) is 9.59 Å². The number of alkyl halides is 6. The molecule has 1 aliphatic rings. The van der Waals surface area contributed by atoms with Gasteiger partial charge in [0, 0.05) is 25.3 Å². The Bertz CT molecular complexity index is 1450. The molecule has 14 heteroatoms. The Labute approximate surface area is 299 Å². The number of cyclic esters (lactones) is 1. The molecule has 0 unspecified atom stereocenters. The van der Waals surface area contributed by atoms with Gasteiger partial charge in [0.2, 0.25) is 0 Å². The smallest absolute Gasteiger partial charge is 0.432 e. The summed E-state index contributed by atoms with van der Waals surface area (Å²) in [7, 11) is 1.39. The number of esters is 3. The first-order valence-corrected chi connectivity index (χ1v) is 17.3. The van der Waals surface area contributed by atoms with Gasteiger partial charge in [0.1, 0.15) is 18.3 Å². The van der Waals surface area contributed by atoms with E-state index in [0.717, 1.165) is 74.9 Å². The molecule has 0 radical (unpaired) electrons. The fourth-order valence-electron chi connectivity index (χ4n) is 6.15. The van der Waals surface area contributed by atoms with Crippen molar-refractivity contribution >= 4 is 17.9 Å². The molecule has 1 heterocycles. The summed E-state index contributed by atoms with van der Waals surface area (Å²) in [6.45, 7) is 2.10. The maximum Gasteiger partial charge on any atom is 0.432 e. The molecule has 0 N–H and O–H groups in total. The number of hydrogen-bond donors (Lipinski definition) is 0. The standard InChI is InChI=1S/C38H46F6O8/c1-4-5-6-7-8-9-16-21-29-22-23-30(51-33(46)35(48-2,37(39,40)41)27-17-12-10-13-18-27)24-25-31(26-32(45)50-29)52-34(47)36(49-3,38(42,43)44)28-19-14-11-15-20-28/h10-15,17-20,24-25,29-31H,4-9,16,21-23,26H2,1-3H3/b25-24+/t29-,30-,31-,35-,36-/m0/s1. The van der Waals surface area contributed by atoms with Crippen LogP contribution in [0.15, 0.2) is 72.8 Å². The number of rotatable bonds is 16. The van der Waals surface area contributed by atoms with Gasteiger partial charge in [0.25, 0.3) is 11.2 Å². The lowest BCUT2D eigenvalue weighted by molar-refractivity contribution is -0.278. The minimum absolute atomic E-state index is 0.0838. The molecule has 0 amide bonds. The van der Waals surface area contributed by atoms with Crippen molar-refractivity contribution in [1.82, 2.24) is 0 Å². The average Bonchev–Trinajstić information content (AvgIpc) is 3.09. The van der Waals surface area contributed by atoms with Crippen molar-refractivity contribution in [2.75, 3.05) is 14.2 Å². The summed E-state index contributed by atoms with van der Waals surface area (Å²) in [6, 6.07) is 12.2. The van der Waals surface area contributed by atoms with Crippen molar-refractivity contribution in [3.05, 3.63) is 83.9 Å². The summed E-state index contributed by atoms with van der Waals surface area (Å²) in [6.07, 6.45) is -6.12. The maximum absolute atomic E-state index is 14.6. The molecule has 0 saturated carbocycles. The van der Waals surface area contributed by atoms with Gasteiger partial charge in [-0.05, 0) is 37.8 Å². The average molecular weight is 745 g/mol. The molecule has 0 aromatic heterocycles. The molecule has 5 atom stereocenters. The summed E-state index contributed by atoms with van der Waals surface area (Å²) >= 11 is 0. The largest absolute Gasteiger partial charge is 0.462 e. The number of benzene rings is 2. The number of methoxy groups -OCH3 is 2. The van der Waals surface area contributed by atoms with Crippen LogP contribution in [0, 0.1) is 0 Å². The van der Waals surface area contributed by atoms with E-state index in [9.17, 15) is 40.7 Å². The van der Waals surface area contributed by atoms with E-state index < -0.39 is 77.3 Å². The monoisotopic (exact) mass is 744 g/mol. The number of hydrogen-bond acceptors (Lipinski definition) is 8. The molecule has 2 aromatic rings. The van der Waals surface area contributed by atoms with E-state index in [1.807, 2.05) is 0 Å². The summed E-state index contributed by atoms with van der Waals surface area (Å²) in [5.74, 6) is -4.57. The van der Waals surface area contributed by atoms with Gasteiger partial charge in [-0.2, -0.15) is 26.3 Å². The van der Waals surface area contributed by atoms with Crippen LogP contribution < -0.4 is 0 Å². The van der Waals surface area contributed by atoms with Crippen LogP contribution in [-0.2, 0) is 49.3 Å². The first-order valence-electron chi connectivity index (χ1n) is 17.3. The van der Waals surface area contributed by atoms with E-state index in [0.29, 0.717) is 27.1 Å². The lowest BCUT2D eigenvalue weighted by Crippen LogP contribution is -2.52. The Morgan fingerprint density at radius 2 is 1.12 bits per heavy atom. The molecular formula is C38H46F6O8. The van der Waals surface area contributed by atoms with Crippen LogP contribution in [0.4, 0.5) is 26.3 Å². The molecule has 0 saturated heterocycles. The van der Waals surface area contributed by atoms with Crippen molar-refractivity contribution in [2.45, 2.75) is 119 Å². The Hall–Kier alpha value is -3.91. The zero-order valence-corrected chi connectivity index (χ0v) is 29.5. The molecule has 52 heavy (non-hydrogen) atoms. The van der Waals surface area contributed by atoms with E-state index in [1.165, 1.54) is 36.4 Å². The van der Waals surface area contributed by atoms with Crippen molar-refractivity contribution in [1.29, 1.82) is 0 Å². The maximum atomic E-state index is 14.6. The van der Waals surface area contributed by atoms with Crippen LogP contribution in [0.5, 0.6) is 0 Å². The molecule has 0 aliphatic carbocycles. The first kappa shape index (κ1) is 42.5. The second-order valence-corrected chi connectivity index (χ2v) is 12.6. The normalized spacial score (nSPS) is 21.6. The Morgan fingerprint density at radius 3 is 1.58 bits per heavy atom. The second-order valence-electron chi connectivity index (χ2n) is 12.6. The number of halogens is 6. The SMILES string of the molecule is CCCCCCCCC[C@H]1CC[C@H](OC(=O)[C@@](OC)(c2ccccc2)C(F)(F)F)/C=C/[C@H](OC(=O)[C@@](OC)(c2ccccc2)C(F)(F)F)CC(=O)O1. The highest BCUT2D eigenvalue weighted by Gasteiger charge is 2.65. The Morgan fingerprint density at radius 1 is 0.673 bits per heavy atom. The highest BCUT2D eigenvalue weighted by atomic mass is 19.4. The van der Waals surface area contributed by atoms with Gasteiger partial charge < -0.3 is 23.7 Å². The third-order valence-electron chi connectivity index (χ3n) is 8.97. The van der Waals surface area contributed by atoms with Crippen LogP contribution in [0.25, 0.3) is 0 Å². The van der Waals surface area contributed by atoms with E-state index in [1.54, 1.807) is 0 Å². The topological polar surface area (TPSA) is 97.4 Å². The highest BCUT2D eigenvalue weighted by Crippen LogP contribution is 2.45. The van der Waals surface area contributed by atoms with Crippen LogP contribution >= 0.6 is 0 Å². The number of unbranched alkanes of at least 4 members (excludes halogenated alkanes) is 6. The second kappa shape index (κ2) is 19.2. The van der Waals surface area contributed by atoms with Gasteiger partial charge in [-0.3, -0.25) is 4.79 Å². The Balaban J connectivity index is 1.96. The number of carbonyl (C=O) groups is 3. The van der Waals surface area contributed by atoms with E-state index in [2.05, 4.69) is 6.92 Å². The van der Waals surface area contributed by atoms with Crippen LogP contribution in [0.1, 0.15) is 88.7 Å². The molecule has 0 bridgehead atoms. The van der Waals surface area contributed by atoms with Gasteiger partial charge in [-0.1, -0.05) is 106 Å². The fraction of sp³-hybridized carbons (Fsp3) is 0.553. The summed E-state index contributed by atoms with van der Waals surface area (Å²) in [5, 5.41) is 0. The molecule has 8 nitrogen and oxygen atoms in total. The van der Waals surface area contributed by atoms with E-state index in [-0.39, 0.29) is 12.8 Å². The quantitative estimate of drug-likeness (QED) is 0.0554. The molecule has 1 aliphatic heterocycles. The molecule has 0 fully saturated rings. The molecular weight excluding hydrogens is 698 g/mol. The summed E-state index contributed by atoms with van der Waals surface area (Å²) in [5.41, 5.74) is -8.24. The Kier molecular flexibility index (Phi) is 15.7. The highest BCUT2D eigenvalue weighted by molar-refractivity contribution is 5.84. The third kappa shape index (κ3) is 10.4. The lowest BCUT2D eigenvalue weighted by Gasteiger charge is -2.34. The summed E-state index contributed by atoms with van der Waals surface area (Å²) in [4.78, 5) is 40.0. The lowest BCUT2D eigenvalue weighted by atomic mass is 9.92. The third-order valence-corrected chi connectivity index (χ3v) is 8.97. The van der Waals surface area contributed by atoms with Crippen molar-refractivity contribution in [2.24, 2.45) is 0 Å². The van der Waals surface area contributed by atoms with Crippen LogP contribution in [0.3, 0.4) is 0 Å². The summed E-state index contributed by atoms with van der Waals surface area (Å²) < 4.78 is 114. The number of ether oxygens (including phenoxy) is 5. The van der Waals surface area contributed by atoms with Crippen molar-refractivity contribution < 1.29 is 64.4 Å². The zero-order valence-electron chi connectivity index (χ0n) is 29.5. The van der Waals surface area contributed by atoms with E-state index in [4.69, 9.17) is 23.7 Å². The van der Waals surface area contributed by atoms with Crippen molar-refractivity contribution in [3.8, 4) is 0 Å². The zero-order chi connectivity index (χ0) is 38.4. The predicted octanol–water partition coefficient (Wildman–Crippen LogP) is 8.81. The minimum Gasteiger partial charge on any atom is -0.462 e. The van der Waals surface area contributed by atoms with Gasteiger partial charge in [0.15, 0.2) is 0 Å². The molecule has 288 valence electrons.